The molecule has 176 valence electrons. The number of para-hydroxylation sites is 1. The van der Waals surface area contributed by atoms with Gasteiger partial charge in [-0.1, -0.05) is 67.8 Å². The number of nitrogens with zero attached hydrogens (tertiary/aromatic N) is 1. The number of benzene rings is 4. The average Bonchev–Trinajstić information content (AvgIpc) is 3.15. The number of Topliss-reactive ketones (excluding diaryl/α,β-unsaturated/α-hetero) is 2. The molecule has 0 N–H and O–H groups in total. The van der Waals surface area contributed by atoms with Crippen LogP contribution < -0.4 is 4.90 Å². The van der Waals surface area contributed by atoms with Crippen molar-refractivity contribution < 1.29 is 9.59 Å². The first-order valence-corrected chi connectivity index (χ1v) is 13.0. The van der Waals surface area contributed by atoms with E-state index >= 15 is 0 Å². The average molecular weight is 470 g/mol. The van der Waals surface area contributed by atoms with E-state index in [1.807, 2.05) is 36.4 Å². The SMILES string of the molecule is O=C1C(=Cc2ccc3c(c2)Cc2ccccc2N3C2CCCCC2)C(=O)c2cc3ccccc3cc21. The van der Waals surface area contributed by atoms with E-state index in [2.05, 4.69) is 47.4 Å². The van der Waals surface area contributed by atoms with Gasteiger partial charge in [0.1, 0.15) is 0 Å². The van der Waals surface area contributed by atoms with Gasteiger partial charge in [-0.2, -0.15) is 0 Å². The molecule has 1 aliphatic heterocycles. The normalized spacial score (nSPS) is 17.2. The number of anilines is 2. The molecule has 2 aliphatic carbocycles. The van der Waals surface area contributed by atoms with Gasteiger partial charge in [0.2, 0.25) is 0 Å². The molecular formula is C33H27NO2. The Morgan fingerprint density at radius 3 is 2.03 bits per heavy atom. The Labute approximate surface area is 211 Å². The fraction of sp³-hybridized carbons (Fsp3) is 0.212. The van der Waals surface area contributed by atoms with Crippen LogP contribution in [0.5, 0.6) is 0 Å². The van der Waals surface area contributed by atoms with E-state index in [1.54, 1.807) is 6.08 Å². The molecule has 3 heteroatoms. The molecule has 0 saturated heterocycles. The maximum atomic E-state index is 13.3. The number of hydrogen-bond donors (Lipinski definition) is 0. The largest absolute Gasteiger partial charge is 0.338 e. The zero-order valence-electron chi connectivity index (χ0n) is 20.2. The van der Waals surface area contributed by atoms with Crippen LogP contribution in [-0.2, 0) is 6.42 Å². The maximum absolute atomic E-state index is 13.3. The van der Waals surface area contributed by atoms with Crippen molar-refractivity contribution in [3.05, 3.63) is 112 Å². The Morgan fingerprint density at radius 2 is 1.31 bits per heavy atom. The molecule has 0 amide bonds. The molecule has 3 aliphatic rings. The molecule has 0 aromatic heterocycles. The van der Waals surface area contributed by atoms with E-state index in [4.69, 9.17) is 0 Å². The third kappa shape index (κ3) is 3.34. The Balaban J connectivity index is 1.28. The third-order valence-corrected chi connectivity index (χ3v) is 8.11. The van der Waals surface area contributed by atoms with Crippen LogP contribution in [0.4, 0.5) is 11.4 Å². The van der Waals surface area contributed by atoms with Crippen molar-refractivity contribution in [1.29, 1.82) is 0 Å². The van der Waals surface area contributed by atoms with E-state index < -0.39 is 0 Å². The highest BCUT2D eigenvalue weighted by molar-refractivity contribution is 6.42. The van der Waals surface area contributed by atoms with Gasteiger partial charge in [-0.25, -0.2) is 0 Å². The van der Waals surface area contributed by atoms with Crippen LogP contribution in [0.15, 0.2) is 84.4 Å². The van der Waals surface area contributed by atoms with Crippen molar-refractivity contribution >= 4 is 39.8 Å². The van der Waals surface area contributed by atoms with Crippen molar-refractivity contribution in [3.63, 3.8) is 0 Å². The molecule has 1 heterocycles. The standard InChI is InChI=1S/C33H27NO2/c35-32-27-19-22-8-4-5-9-23(22)20-28(27)33(36)29(32)17-21-14-15-31-25(16-21)18-24-10-6-7-13-30(24)34(31)26-11-2-1-3-12-26/h4-10,13-17,19-20,26H,1-3,11-12,18H2. The lowest BCUT2D eigenvalue weighted by Gasteiger charge is -2.41. The maximum Gasteiger partial charge on any atom is 0.197 e. The summed E-state index contributed by atoms with van der Waals surface area (Å²) in [5.41, 5.74) is 7.39. The smallest absolute Gasteiger partial charge is 0.197 e. The first-order valence-electron chi connectivity index (χ1n) is 13.0. The summed E-state index contributed by atoms with van der Waals surface area (Å²) in [6, 6.07) is 27.3. The molecule has 1 fully saturated rings. The molecule has 4 aromatic carbocycles. The van der Waals surface area contributed by atoms with Crippen molar-refractivity contribution in [2.24, 2.45) is 0 Å². The fourth-order valence-corrected chi connectivity index (χ4v) is 6.34. The molecule has 0 unspecified atom stereocenters. The highest BCUT2D eigenvalue weighted by Gasteiger charge is 2.34. The van der Waals surface area contributed by atoms with Crippen molar-refractivity contribution in [3.8, 4) is 0 Å². The number of carbonyl (C=O) groups excluding carboxylic acids is 2. The molecule has 0 atom stereocenters. The fourth-order valence-electron chi connectivity index (χ4n) is 6.34. The second-order valence-electron chi connectivity index (χ2n) is 10.3. The van der Waals surface area contributed by atoms with Gasteiger partial charge in [0.15, 0.2) is 11.6 Å². The van der Waals surface area contributed by atoms with Crippen LogP contribution in [0.3, 0.4) is 0 Å². The zero-order valence-corrected chi connectivity index (χ0v) is 20.2. The molecule has 0 spiro atoms. The van der Waals surface area contributed by atoms with Gasteiger partial charge >= 0.3 is 0 Å². The van der Waals surface area contributed by atoms with E-state index in [0.29, 0.717) is 17.2 Å². The minimum absolute atomic E-state index is 0.173. The Bertz CT molecular complexity index is 1530. The molecule has 3 nitrogen and oxygen atoms in total. The number of allylic oxidation sites excluding steroid dienone is 1. The van der Waals surface area contributed by atoms with Crippen molar-refractivity contribution in [2.45, 2.75) is 44.6 Å². The quantitative estimate of drug-likeness (QED) is 0.223. The highest BCUT2D eigenvalue weighted by Crippen LogP contribution is 2.43. The van der Waals surface area contributed by atoms with Crippen LogP contribution >= 0.6 is 0 Å². The predicted molar refractivity (Wildman–Crippen MR) is 145 cm³/mol. The van der Waals surface area contributed by atoms with E-state index in [9.17, 15) is 9.59 Å². The Kier molecular flexibility index (Phi) is 4.92. The first-order chi connectivity index (χ1) is 17.7. The van der Waals surface area contributed by atoms with Gasteiger partial charge in [0, 0.05) is 35.0 Å². The summed E-state index contributed by atoms with van der Waals surface area (Å²) < 4.78 is 0. The van der Waals surface area contributed by atoms with Gasteiger partial charge in [-0.15, -0.1) is 0 Å². The second-order valence-corrected chi connectivity index (χ2v) is 10.3. The summed E-state index contributed by atoms with van der Waals surface area (Å²) in [6.07, 6.45) is 8.97. The molecule has 36 heavy (non-hydrogen) atoms. The van der Waals surface area contributed by atoms with Crippen LogP contribution in [0.1, 0.15) is 69.5 Å². The lowest BCUT2D eigenvalue weighted by molar-refractivity contribution is 0.0990. The lowest BCUT2D eigenvalue weighted by atomic mass is 9.88. The number of fused-ring (bicyclic) bond motifs is 4. The van der Waals surface area contributed by atoms with Crippen LogP contribution in [0.25, 0.3) is 16.8 Å². The summed E-state index contributed by atoms with van der Waals surface area (Å²) in [4.78, 5) is 29.1. The molecule has 7 rings (SSSR count). The monoisotopic (exact) mass is 469 g/mol. The third-order valence-electron chi connectivity index (χ3n) is 8.11. The molecular weight excluding hydrogens is 442 g/mol. The summed E-state index contributed by atoms with van der Waals surface area (Å²) in [7, 11) is 0. The van der Waals surface area contributed by atoms with Crippen LogP contribution in [0, 0.1) is 0 Å². The Hall–Kier alpha value is -3.98. The lowest BCUT2D eigenvalue weighted by Crippen LogP contribution is -2.35. The molecule has 4 aromatic rings. The van der Waals surface area contributed by atoms with E-state index in [-0.39, 0.29) is 17.1 Å². The number of hydrogen-bond acceptors (Lipinski definition) is 3. The van der Waals surface area contributed by atoms with Gasteiger partial charge in [0.05, 0.1) is 5.57 Å². The summed E-state index contributed by atoms with van der Waals surface area (Å²) in [5, 5.41) is 1.96. The minimum atomic E-state index is -0.173. The van der Waals surface area contributed by atoms with E-state index in [1.165, 1.54) is 54.6 Å². The van der Waals surface area contributed by atoms with Gasteiger partial charge in [-0.05, 0) is 76.7 Å². The topological polar surface area (TPSA) is 37.4 Å². The second kappa shape index (κ2) is 8.30. The minimum Gasteiger partial charge on any atom is -0.338 e. The summed E-state index contributed by atoms with van der Waals surface area (Å²) in [6.45, 7) is 0. The summed E-state index contributed by atoms with van der Waals surface area (Å²) in [5.74, 6) is -0.347. The Morgan fingerprint density at radius 1 is 0.667 bits per heavy atom. The van der Waals surface area contributed by atoms with Crippen molar-refractivity contribution in [1.82, 2.24) is 0 Å². The molecule has 0 bridgehead atoms. The zero-order chi connectivity index (χ0) is 24.2. The molecule has 0 radical (unpaired) electrons. The summed E-state index contributed by atoms with van der Waals surface area (Å²) >= 11 is 0. The van der Waals surface area contributed by atoms with Gasteiger partial charge < -0.3 is 4.90 Å². The predicted octanol–water partition coefficient (Wildman–Crippen LogP) is 7.68. The van der Waals surface area contributed by atoms with Crippen molar-refractivity contribution in [2.75, 3.05) is 4.90 Å². The number of rotatable bonds is 2. The highest BCUT2D eigenvalue weighted by atomic mass is 16.2. The number of ketones is 2. The van der Waals surface area contributed by atoms with Crippen LogP contribution in [-0.4, -0.2) is 17.6 Å². The molecule has 1 saturated carbocycles. The van der Waals surface area contributed by atoms with Crippen LogP contribution in [0.2, 0.25) is 0 Å². The van der Waals surface area contributed by atoms with Gasteiger partial charge in [-0.3, -0.25) is 9.59 Å². The number of carbonyl (C=O) groups is 2. The van der Waals surface area contributed by atoms with E-state index in [0.717, 1.165) is 22.8 Å². The van der Waals surface area contributed by atoms with Gasteiger partial charge in [0.25, 0.3) is 0 Å². The first kappa shape index (κ1) is 21.3.